The van der Waals surface area contributed by atoms with Gasteiger partial charge in [-0.2, -0.15) is 0 Å². The van der Waals surface area contributed by atoms with E-state index in [1.165, 1.54) is 6.42 Å². The second kappa shape index (κ2) is 7.43. The van der Waals surface area contributed by atoms with E-state index in [0.717, 1.165) is 32.7 Å². The van der Waals surface area contributed by atoms with E-state index in [1.807, 2.05) is 0 Å². The molecule has 2 unspecified atom stereocenters. The van der Waals surface area contributed by atoms with Crippen molar-refractivity contribution in [3.63, 3.8) is 0 Å². The third kappa shape index (κ3) is 5.22. The van der Waals surface area contributed by atoms with E-state index < -0.39 is 0 Å². The highest BCUT2D eigenvalue weighted by molar-refractivity contribution is 4.89. The van der Waals surface area contributed by atoms with Gasteiger partial charge in [-0.25, -0.2) is 0 Å². The van der Waals surface area contributed by atoms with Crippen molar-refractivity contribution in [3.8, 4) is 0 Å². The molecule has 18 heavy (non-hydrogen) atoms. The molecule has 0 aromatic carbocycles. The van der Waals surface area contributed by atoms with Crippen LogP contribution in [0.25, 0.3) is 0 Å². The zero-order chi connectivity index (χ0) is 13.6. The Kier molecular flexibility index (Phi) is 6.57. The van der Waals surface area contributed by atoms with Gasteiger partial charge in [-0.3, -0.25) is 4.90 Å². The van der Waals surface area contributed by atoms with E-state index in [-0.39, 0.29) is 12.1 Å². The third-order valence-electron chi connectivity index (χ3n) is 3.42. The van der Waals surface area contributed by atoms with Crippen molar-refractivity contribution in [3.05, 3.63) is 0 Å². The predicted octanol–water partition coefficient (Wildman–Crippen LogP) is 1.24. The number of ether oxygens (including phenoxy) is 1. The highest BCUT2D eigenvalue weighted by atomic mass is 16.5. The van der Waals surface area contributed by atoms with Crippen molar-refractivity contribution in [2.45, 2.75) is 58.2 Å². The summed E-state index contributed by atoms with van der Waals surface area (Å²) in [7, 11) is 0. The van der Waals surface area contributed by atoms with Crippen LogP contribution in [-0.4, -0.2) is 60.5 Å². The molecule has 0 aromatic heterocycles. The molecule has 1 aliphatic rings. The molecule has 4 nitrogen and oxygen atoms in total. The van der Waals surface area contributed by atoms with Gasteiger partial charge in [0.25, 0.3) is 0 Å². The summed E-state index contributed by atoms with van der Waals surface area (Å²) in [6.07, 6.45) is 2.72. The van der Waals surface area contributed by atoms with Crippen molar-refractivity contribution in [1.82, 2.24) is 10.2 Å². The van der Waals surface area contributed by atoms with Gasteiger partial charge in [0, 0.05) is 25.7 Å². The molecule has 108 valence electrons. The van der Waals surface area contributed by atoms with Crippen molar-refractivity contribution >= 4 is 0 Å². The number of rotatable bonds is 7. The van der Waals surface area contributed by atoms with E-state index in [2.05, 4.69) is 37.9 Å². The molecule has 0 amide bonds. The Balaban J connectivity index is 2.48. The Morgan fingerprint density at radius 3 is 2.78 bits per heavy atom. The summed E-state index contributed by atoms with van der Waals surface area (Å²) in [5.74, 6) is 0. The maximum atomic E-state index is 9.61. The molecule has 0 spiro atoms. The monoisotopic (exact) mass is 258 g/mol. The first-order valence-electron chi connectivity index (χ1n) is 7.21. The number of nitrogens with zero attached hydrogens (tertiary/aromatic N) is 1. The average molecular weight is 258 g/mol. The van der Waals surface area contributed by atoms with Gasteiger partial charge in [0.15, 0.2) is 0 Å². The van der Waals surface area contributed by atoms with Crippen LogP contribution in [0.2, 0.25) is 0 Å². The predicted molar refractivity (Wildman–Crippen MR) is 74.9 cm³/mol. The SMILES string of the molecule is CCOC1CCCN(CC(C)(CO)NC(C)C)C1. The van der Waals surface area contributed by atoms with E-state index >= 15 is 0 Å². The molecular formula is C14H30N2O2. The molecular weight excluding hydrogens is 228 g/mol. The molecule has 0 radical (unpaired) electrons. The second-order valence-electron chi connectivity index (χ2n) is 5.97. The minimum atomic E-state index is -0.220. The highest BCUT2D eigenvalue weighted by Gasteiger charge is 2.29. The number of likely N-dealkylation sites (tertiary alicyclic amines) is 1. The fourth-order valence-electron chi connectivity index (χ4n) is 2.86. The normalized spacial score (nSPS) is 25.3. The van der Waals surface area contributed by atoms with Crippen molar-refractivity contribution < 1.29 is 9.84 Å². The lowest BCUT2D eigenvalue weighted by Crippen LogP contribution is -2.58. The van der Waals surface area contributed by atoms with Crippen LogP contribution in [-0.2, 0) is 4.74 Å². The Morgan fingerprint density at radius 1 is 1.50 bits per heavy atom. The minimum absolute atomic E-state index is 0.168. The Morgan fingerprint density at radius 2 is 2.22 bits per heavy atom. The van der Waals surface area contributed by atoms with Crippen LogP contribution in [0.15, 0.2) is 0 Å². The molecule has 1 fully saturated rings. The van der Waals surface area contributed by atoms with E-state index in [4.69, 9.17) is 4.74 Å². The van der Waals surface area contributed by atoms with E-state index in [9.17, 15) is 5.11 Å². The summed E-state index contributed by atoms with van der Waals surface area (Å²) in [4.78, 5) is 2.41. The number of aliphatic hydroxyl groups is 1. The van der Waals surface area contributed by atoms with Crippen molar-refractivity contribution in [2.75, 3.05) is 32.8 Å². The minimum Gasteiger partial charge on any atom is -0.394 e. The summed E-state index contributed by atoms with van der Waals surface area (Å²) >= 11 is 0. The van der Waals surface area contributed by atoms with Gasteiger partial charge in [0.05, 0.1) is 18.2 Å². The first-order valence-corrected chi connectivity index (χ1v) is 7.21. The van der Waals surface area contributed by atoms with Gasteiger partial charge in [0.1, 0.15) is 0 Å². The molecule has 0 aromatic rings. The first-order chi connectivity index (χ1) is 8.49. The van der Waals surface area contributed by atoms with Gasteiger partial charge in [-0.1, -0.05) is 13.8 Å². The van der Waals surface area contributed by atoms with Gasteiger partial charge in [-0.15, -0.1) is 0 Å². The van der Waals surface area contributed by atoms with Crippen LogP contribution >= 0.6 is 0 Å². The van der Waals surface area contributed by atoms with Crippen LogP contribution in [0.1, 0.15) is 40.5 Å². The largest absolute Gasteiger partial charge is 0.394 e. The Bertz CT molecular complexity index is 234. The lowest BCUT2D eigenvalue weighted by Gasteiger charge is -2.40. The van der Waals surface area contributed by atoms with Crippen LogP contribution in [0.3, 0.4) is 0 Å². The molecule has 4 heteroatoms. The molecule has 0 saturated carbocycles. The topological polar surface area (TPSA) is 44.7 Å². The lowest BCUT2D eigenvalue weighted by atomic mass is 9.99. The Hall–Kier alpha value is -0.160. The van der Waals surface area contributed by atoms with Gasteiger partial charge >= 0.3 is 0 Å². The molecule has 0 bridgehead atoms. The van der Waals surface area contributed by atoms with Crippen molar-refractivity contribution in [1.29, 1.82) is 0 Å². The summed E-state index contributed by atoms with van der Waals surface area (Å²) in [6, 6.07) is 0.384. The second-order valence-corrected chi connectivity index (χ2v) is 5.97. The zero-order valence-electron chi connectivity index (χ0n) is 12.4. The molecule has 0 aliphatic carbocycles. The summed E-state index contributed by atoms with van der Waals surface area (Å²) in [5.41, 5.74) is -0.220. The number of piperidine rings is 1. The summed E-state index contributed by atoms with van der Waals surface area (Å²) in [6.45, 7) is 12.3. The molecule has 1 saturated heterocycles. The smallest absolute Gasteiger partial charge is 0.0702 e. The quantitative estimate of drug-likeness (QED) is 0.721. The highest BCUT2D eigenvalue weighted by Crippen LogP contribution is 2.16. The van der Waals surface area contributed by atoms with Gasteiger partial charge in [-0.05, 0) is 33.2 Å². The molecule has 2 atom stereocenters. The van der Waals surface area contributed by atoms with Gasteiger partial charge < -0.3 is 15.2 Å². The van der Waals surface area contributed by atoms with Crippen LogP contribution in [0.4, 0.5) is 0 Å². The maximum absolute atomic E-state index is 9.61. The molecule has 1 heterocycles. The third-order valence-corrected chi connectivity index (χ3v) is 3.42. The molecule has 2 N–H and O–H groups in total. The summed E-state index contributed by atoms with van der Waals surface area (Å²) < 4.78 is 5.72. The molecule has 1 rings (SSSR count). The number of hydrogen-bond donors (Lipinski definition) is 2. The summed E-state index contributed by atoms with van der Waals surface area (Å²) in [5, 5.41) is 13.1. The fourth-order valence-corrected chi connectivity index (χ4v) is 2.86. The Labute approximate surface area is 112 Å². The fraction of sp³-hybridized carbons (Fsp3) is 1.00. The average Bonchev–Trinajstić information content (AvgIpc) is 2.28. The van der Waals surface area contributed by atoms with Crippen LogP contribution in [0.5, 0.6) is 0 Å². The standard InChI is InChI=1S/C14H30N2O2/c1-5-18-13-7-6-8-16(9-13)10-14(4,11-17)15-12(2)3/h12-13,15,17H,5-11H2,1-4H3. The maximum Gasteiger partial charge on any atom is 0.0702 e. The van der Waals surface area contributed by atoms with Gasteiger partial charge in [0.2, 0.25) is 0 Å². The van der Waals surface area contributed by atoms with Crippen LogP contribution in [0, 0.1) is 0 Å². The number of aliphatic hydroxyl groups excluding tert-OH is 1. The first kappa shape index (κ1) is 15.9. The van der Waals surface area contributed by atoms with E-state index in [0.29, 0.717) is 12.1 Å². The van der Waals surface area contributed by atoms with Crippen molar-refractivity contribution in [2.24, 2.45) is 0 Å². The van der Waals surface area contributed by atoms with E-state index in [1.54, 1.807) is 0 Å². The number of nitrogens with one attached hydrogen (secondary N) is 1. The molecule has 1 aliphatic heterocycles. The number of hydrogen-bond acceptors (Lipinski definition) is 4. The van der Waals surface area contributed by atoms with Crippen LogP contribution < -0.4 is 5.32 Å². The lowest BCUT2D eigenvalue weighted by molar-refractivity contribution is -0.00602. The zero-order valence-corrected chi connectivity index (χ0v) is 12.4.